The SMILES string of the molecule is CCc1c(C)nn(C(C)C(N)CC)c1C. The average Bonchev–Trinajstić information content (AvgIpc) is 2.51. The monoisotopic (exact) mass is 209 g/mol. The molecule has 0 aliphatic heterocycles. The molecule has 1 aromatic rings. The molecule has 0 saturated carbocycles. The van der Waals surface area contributed by atoms with E-state index in [0.717, 1.165) is 18.5 Å². The van der Waals surface area contributed by atoms with Gasteiger partial charge in [-0.25, -0.2) is 0 Å². The lowest BCUT2D eigenvalue weighted by atomic mass is 10.1. The molecule has 2 atom stereocenters. The fourth-order valence-electron chi connectivity index (χ4n) is 2.13. The van der Waals surface area contributed by atoms with E-state index in [1.165, 1.54) is 11.3 Å². The van der Waals surface area contributed by atoms with E-state index in [0.29, 0.717) is 0 Å². The van der Waals surface area contributed by atoms with Gasteiger partial charge in [0.1, 0.15) is 0 Å². The van der Waals surface area contributed by atoms with E-state index in [-0.39, 0.29) is 12.1 Å². The van der Waals surface area contributed by atoms with Crippen molar-refractivity contribution in [2.45, 2.75) is 59.5 Å². The van der Waals surface area contributed by atoms with Gasteiger partial charge in [0.05, 0.1) is 11.7 Å². The summed E-state index contributed by atoms with van der Waals surface area (Å²) in [5.41, 5.74) is 9.84. The highest BCUT2D eigenvalue weighted by molar-refractivity contribution is 5.24. The summed E-state index contributed by atoms with van der Waals surface area (Å²) < 4.78 is 2.09. The first-order chi connectivity index (χ1) is 7.02. The number of hydrogen-bond acceptors (Lipinski definition) is 2. The van der Waals surface area contributed by atoms with Gasteiger partial charge >= 0.3 is 0 Å². The fourth-order valence-corrected chi connectivity index (χ4v) is 2.13. The van der Waals surface area contributed by atoms with Crippen molar-refractivity contribution >= 4 is 0 Å². The van der Waals surface area contributed by atoms with Gasteiger partial charge in [0.25, 0.3) is 0 Å². The predicted octanol–water partition coefficient (Wildman–Crippen LogP) is 2.36. The van der Waals surface area contributed by atoms with Crippen LogP contribution in [0, 0.1) is 13.8 Å². The lowest BCUT2D eigenvalue weighted by molar-refractivity contribution is 0.389. The van der Waals surface area contributed by atoms with Gasteiger partial charge in [0.15, 0.2) is 0 Å². The first-order valence-corrected chi connectivity index (χ1v) is 5.83. The molecule has 2 unspecified atom stereocenters. The maximum absolute atomic E-state index is 6.06. The largest absolute Gasteiger partial charge is 0.326 e. The number of nitrogens with zero attached hydrogens (tertiary/aromatic N) is 2. The van der Waals surface area contributed by atoms with Crippen molar-refractivity contribution in [2.75, 3.05) is 0 Å². The third-order valence-corrected chi connectivity index (χ3v) is 3.31. The van der Waals surface area contributed by atoms with Gasteiger partial charge in [-0.1, -0.05) is 13.8 Å². The van der Waals surface area contributed by atoms with Crippen molar-refractivity contribution in [3.8, 4) is 0 Å². The summed E-state index contributed by atoms with van der Waals surface area (Å²) in [7, 11) is 0. The molecule has 0 radical (unpaired) electrons. The van der Waals surface area contributed by atoms with E-state index in [1.54, 1.807) is 0 Å². The highest BCUT2D eigenvalue weighted by Crippen LogP contribution is 2.20. The molecule has 0 bridgehead atoms. The van der Waals surface area contributed by atoms with Crippen molar-refractivity contribution in [3.05, 3.63) is 17.0 Å². The molecule has 0 amide bonds. The quantitative estimate of drug-likeness (QED) is 0.827. The van der Waals surface area contributed by atoms with Crippen LogP contribution in [-0.4, -0.2) is 15.8 Å². The van der Waals surface area contributed by atoms with E-state index in [9.17, 15) is 0 Å². The maximum Gasteiger partial charge on any atom is 0.0645 e. The van der Waals surface area contributed by atoms with Crippen LogP contribution in [0.1, 0.15) is 50.2 Å². The Morgan fingerprint density at radius 3 is 2.33 bits per heavy atom. The molecule has 15 heavy (non-hydrogen) atoms. The van der Waals surface area contributed by atoms with Crippen LogP contribution < -0.4 is 5.73 Å². The molecule has 0 spiro atoms. The van der Waals surface area contributed by atoms with E-state index in [1.807, 2.05) is 0 Å². The fraction of sp³-hybridized carbons (Fsp3) is 0.750. The van der Waals surface area contributed by atoms with Gasteiger partial charge < -0.3 is 5.73 Å². The third-order valence-electron chi connectivity index (χ3n) is 3.31. The molecular formula is C12H23N3. The van der Waals surface area contributed by atoms with Gasteiger partial charge in [-0.2, -0.15) is 5.10 Å². The van der Waals surface area contributed by atoms with Crippen molar-refractivity contribution in [1.29, 1.82) is 0 Å². The van der Waals surface area contributed by atoms with E-state index in [2.05, 4.69) is 44.4 Å². The van der Waals surface area contributed by atoms with Crippen LogP contribution in [0.15, 0.2) is 0 Å². The lowest BCUT2D eigenvalue weighted by Crippen LogP contribution is -2.30. The van der Waals surface area contributed by atoms with Crippen LogP contribution in [0.3, 0.4) is 0 Å². The Hall–Kier alpha value is -0.830. The summed E-state index contributed by atoms with van der Waals surface area (Å²) in [5.74, 6) is 0. The van der Waals surface area contributed by atoms with Crippen molar-refractivity contribution in [3.63, 3.8) is 0 Å². The number of aryl methyl sites for hydroxylation is 1. The second-order valence-corrected chi connectivity index (χ2v) is 4.26. The zero-order chi connectivity index (χ0) is 11.6. The first-order valence-electron chi connectivity index (χ1n) is 5.83. The summed E-state index contributed by atoms with van der Waals surface area (Å²) in [5, 5.41) is 4.59. The Labute approximate surface area is 92.7 Å². The highest BCUT2D eigenvalue weighted by atomic mass is 15.3. The molecule has 0 aromatic carbocycles. The average molecular weight is 209 g/mol. The Morgan fingerprint density at radius 2 is 1.93 bits per heavy atom. The molecule has 2 N–H and O–H groups in total. The van der Waals surface area contributed by atoms with Gasteiger partial charge in [-0.3, -0.25) is 4.68 Å². The van der Waals surface area contributed by atoms with E-state index < -0.39 is 0 Å². The van der Waals surface area contributed by atoms with Crippen molar-refractivity contribution < 1.29 is 0 Å². The molecule has 1 aromatic heterocycles. The minimum Gasteiger partial charge on any atom is -0.326 e. The summed E-state index contributed by atoms with van der Waals surface area (Å²) >= 11 is 0. The Kier molecular flexibility index (Phi) is 3.91. The summed E-state index contributed by atoms with van der Waals surface area (Å²) in [4.78, 5) is 0. The molecule has 1 heterocycles. The van der Waals surface area contributed by atoms with Crippen LogP contribution in [0.5, 0.6) is 0 Å². The van der Waals surface area contributed by atoms with Crippen LogP contribution >= 0.6 is 0 Å². The Morgan fingerprint density at radius 1 is 1.33 bits per heavy atom. The third kappa shape index (κ3) is 2.23. The van der Waals surface area contributed by atoms with Crippen molar-refractivity contribution in [2.24, 2.45) is 5.73 Å². The summed E-state index contributed by atoms with van der Waals surface area (Å²) in [6.07, 6.45) is 2.03. The van der Waals surface area contributed by atoms with Gasteiger partial charge in [-0.15, -0.1) is 0 Å². The van der Waals surface area contributed by atoms with Crippen LogP contribution in [0.25, 0.3) is 0 Å². The smallest absolute Gasteiger partial charge is 0.0645 e. The van der Waals surface area contributed by atoms with E-state index >= 15 is 0 Å². The normalized spacial score (nSPS) is 15.3. The second kappa shape index (κ2) is 4.79. The molecule has 3 nitrogen and oxygen atoms in total. The Balaban J connectivity index is 3.05. The minimum absolute atomic E-state index is 0.188. The minimum atomic E-state index is 0.188. The molecule has 86 valence electrons. The van der Waals surface area contributed by atoms with Crippen molar-refractivity contribution in [1.82, 2.24) is 9.78 Å². The van der Waals surface area contributed by atoms with Crippen LogP contribution in [0.2, 0.25) is 0 Å². The topological polar surface area (TPSA) is 43.8 Å². The summed E-state index contributed by atoms with van der Waals surface area (Å²) in [6, 6.07) is 0.474. The van der Waals surface area contributed by atoms with Gasteiger partial charge in [-0.05, 0) is 39.2 Å². The highest BCUT2D eigenvalue weighted by Gasteiger charge is 2.18. The molecule has 0 aliphatic rings. The zero-order valence-electron chi connectivity index (χ0n) is 10.5. The van der Waals surface area contributed by atoms with Crippen LogP contribution in [-0.2, 0) is 6.42 Å². The molecule has 3 heteroatoms. The lowest BCUT2D eigenvalue weighted by Gasteiger charge is -2.20. The van der Waals surface area contributed by atoms with E-state index in [4.69, 9.17) is 5.73 Å². The van der Waals surface area contributed by atoms with Crippen LogP contribution in [0.4, 0.5) is 0 Å². The second-order valence-electron chi connectivity index (χ2n) is 4.26. The predicted molar refractivity (Wildman–Crippen MR) is 64.1 cm³/mol. The summed E-state index contributed by atoms with van der Waals surface area (Å²) in [6.45, 7) is 10.6. The standard InChI is InChI=1S/C12H23N3/c1-6-11-8(3)14-15(9(11)4)10(5)12(13)7-2/h10,12H,6-7,13H2,1-5H3. The number of aromatic nitrogens is 2. The maximum atomic E-state index is 6.06. The van der Waals surface area contributed by atoms with Gasteiger partial charge in [0.2, 0.25) is 0 Å². The number of nitrogens with two attached hydrogens (primary N) is 1. The number of hydrogen-bond donors (Lipinski definition) is 1. The molecule has 1 rings (SSSR count). The zero-order valence-corrected chi connectivity index (χ0v) is 10.5. The Bertz CT molecular complexity index is 328. The molecule has 0 aliphatic carbocycles. The van der Waals surface area contributed by atoms with Gasteiger partial charge in [0, 0.05) is 11.7 Å². The first kappa shape index (κ1) is 12.2. The molecular weight excluding hydrogens is 186 g/mol. The number of rotatable bonds is 4. The molecule has 0 saturated heterocycles. The molecule has 0 fully saturated rings.